The van der Waals surface area contributed by atoms with E-state index in [-0.39, 0.29) is 25.4 Å². The van der Waals surface area contributed by atoms with Crippen molar-refractivity contribution in [2.24, 2.45) is 5.92 Å². The van der Waals surface area contributed by atoms with E-state index in [2.05, 4.69) is 0 Å². The zero-order valence-corrected chi connectivity index (χ0v) is 20.9. The molecule has 0 bridgehead atoms. The van der Waals surface area contributed by atoms with E-state index < -0.39 is 77.0 Å². The van der Waals surface area contributed by atoms with Gasteiger partial charge in [-0.25, -0.2) is 21.9 Å². The molecule has 0 fully saturated rings. The van der Waals surface area contributed by atoms with Crippen LogP contribution in [-0.2, 0) is 10.0 Å². The van der Waals surface area contributed by atoms with Crippen molar-refractivity contribution in [3.63, 3.8) is 0 Å². The first-order chi connectivity index (χ1) is 15.5. The Morgan fingerprint density at radius 1 is 0.676 bits per heavy atom. The van der Waals surface area contributed by atoms with Gasteiger partial charge in [-0.3, -0.25) is 0 Å². The molecule has 0 aliphatic carbocycles. The molecule has 0 aromatic heterocycles. The second kappa shape index (κ2) is 12.1. The Bertz CT molecular complexity index is 748. The summed E-state index contributed by atoms with van der Waals surface area (Å²) in [6.45, 7) is 0.00698. The molecule has 20 heteroatoms. The SMILES string of the molecule is C[N+](C)(C)CCCNS(=O)(=O)CCC(CC(F)(C(F)(F)F)C(F)(F)F)CC(F)(C(F)(F)F)C(F)(F)F.[Cl-]. The monoisotopic (exact) mass is 622 g/mol. The summed E-state index contributed by atoms with van der Waals surface area (Å²) in [6.07, 6.45) is -35.4. The summed E-state index contributed by atoms with van der Waals surface area (Å²) in [6, 6.07) is 0. The highest BCUT2D eigenvalue weighted by molar-refractivity contribution is 7.89. The molecule has 0 unspecified atom stereocenters. The smallest absolute Gasteiger partial charge is 0.431 e. The highest BCUT2D eigenvalue weighted by Gasteiger charge is 2.75. The first-order valence-electron chi connectivity index (χ1n) is 9.92. The molecule has 0 aromatic rings. The van der Waals surface area contributed by atoms with Crippen molar-refractivity contribution in [2.45, 2.75) is 61.7 Å². The molecule has 0 heterocycles. The van der Waals surface area contributed by atoms with Crippen LogP contribution in [-0.4, -0.2) is 88.9 Å². The van der Waals surface area contributed by atoms with E-state index in [4.69, 9.17) is 0 Å². The van der Waals surface area contributed by atoms with Gasteiger partial charge in [-0.2, -0.15) is 52.7 Å². The quantitative estimate of drug-likeness (QED) is 0.207. The molecule has 0 aromatic carbocycles. The molecule has 0 amide bonds. The number of sulfonamides is 1. The van der Waals surface area contributed by atoms with Crippen molar-refractivity contribution in [2.75, 3.05) is 40.0 Å². The predicted molar refractivity (Wildman–Crippen MR) is 98.5 cm³/mol. The fourth-order valence-electron chi connectivity index (χ4n) is 3.03. The third-order valence-electron chi connectivity index (χ3n) is 5.06. The van der Waals surface area contributed by atoms with Gasteiger partial charge in [0.05, 0.1) is 33.4 Å². The van der Waals surface area contributed by atoms with Gasteiger partial charge in [0.25, 0.3) is 11.3 Å². The van der Waals surface area contributed by atoms with Gasteiger partial charge < -0.3 is 16.9 Å². The van der Waals surface area contributed by atoms with Crippen LogP contribution in [0.5, 0.6) is 0 Å². The number of rotatable bonds is 12. The molecule has 0 saturated carbocycles. The number of quaternary nitrogens is 1. The molecule has 0 radical (unpaired) electrons. The summed E-state index contributed by atoms with van der Waals surface area (Å²) >= 11 is 0. The molecule has 0 aliphatic heterocycles. The average molecular weight is 623 g/mol. The van der Waals surface area contributed by atoms with Crippen molar-refractivity contribution in [1.82, 2.24) is 4.72 Å². The number of alkyl halides is 14. The van der Waals surface area contributed by atoms with E-state index in [1.54, 1.807) is 21.1 Å². The second-order valence-electron chi connectivity index (χ2n) is 9.24. The second-order valence-corrected chi connectivity index (χ2v) is 11.2. The Kier molecular flexibility index (Phi) is 12.6. The van der Waals surface area contributed by atoms with Crippen molar-refractivity contribution in [1.29, 1.82) is 0 Å². The maximum atomic E-state index is 14.1. The fraction of sp³-hybridized carbons (Fsp3) is 1.00. The molecular weight excluding hydrogens is 598 g/mol. The van der Waals surface area contributed by atoms with Gasteiger partial charge in [0.15, 0.2) is 0 Å². The van der Waals surface area contributed by atoms with Crippen LogP contribution in [0.4, 0.5) is 61.5 Å². The molecule has 0 atom stereocenters. The standard InChI is InChI=1S/C17H25F14N2O2S.ClH/c1-33(2,3)7-4-6-32-36(34,35)8-5-11(9-12(18,14(20,21)22)15(23,24)25)10-13(19,16(26,27)28)17(29,30)31;/h11,32H,4-10H2,1-3H3;1H/q+1;/p-1. The normalized spacial score (nSPS) is 15.2. The minimum atomic E-state index is -6.87. The van der Waals surface area contributed by atoms with Crippen LogP contribution in [0.25, 0.3) is 0 Å². The summed E-state index contributed by atoms with van der Waals surface area (Å²) in [4.78, 5) is 0. The minimum absolute atomic E-state index is 0. The van der Waals surface area contributed by atoms with Crippen LogP contribution in [0.2, 0.25) is 0 Å². The van der Waals surface area contributed by atoms with E-state index in [0.717, 1.165) is 0 Å². The van der Waals surface area contributed by atoms with Gasteiger partial charge >= 0.3 is 24.7 Å². The van der Waals surface area contributed by atoms with E-state index in [0.29, 0.717) is 11.0 Å². The molecule has 37 heavy (non-hydrogen) atoms. The molecule has 0 aliphatic rings. The van der Waals surface area contributed by atoms with Gasteiger partial charge in [-0.05, 0) is 12.3 Å². The van der Waals surface area contributed by atoms with Crippen LogP contribution >= 0.6 is 0 Å². The topological polar surface area (TPSA) is 46.2 Å². The maximum absolute atomic E-state index is 14.1. The van der Waals surface area contributed by atoms with Crippen molar-refractivity contribution < 1.29 is 86.8 Å². The summed E-state index contributed by atoms with van der Waals surface area (Å²) in [5.74, 6) is -4.91. The van der Waals surface area contributed by atoms with Gasteiger partial charge in [-0.1, -0.05) is 0 Å². The van der Waals surface area contributed by atoms with E-state index >= 15 is 0 Å². The Hall–Kier alpha value is -0.820. The minimum Gasteiger partial charge on any atom is -1.00 e. The van der Waals surface area contributed by atoms with Gasteiger partial charge in [-0.15, -0.1) is 0 Å². The number of halogens is 15. The lowest BCUT2D eigenvalue weighted by molar-refractivity contribution is -0.870. The zero-order chi connectivity index (χ0) is 29.2. The third-order valence-corrected chi connectivity index (χ3v) is 6.48. The van der Waals surface area contributed by atoms with Crippen molar-refractivity contribution in [3.8, 4) is 0 Å². The highest BCUT2D eigenvalue weighted by Crippen LogP contribution is 2.54. The average Bonchev–Trinajstić information content (AvgIpc) is 2.58. The lowest BCUT2D eigenvalue weighted by Crippen LogP contribution is -3.00. The zero-order valence-electron chi connectivity index (χ0n) is 19.4. The third kappa shape index (κ3) is 10.7. The lowest BCUT2D eigenvalue weighted by atomic mass is 9.81. The van der Waals surface area contributed by atoms with Crippen LogP contribution in [0, 0.1) is 5.92 Å². The summed E-state index contributed by atoms with van der Waals surface area (Å²) in [5, 5.41) is 0. The van der Waals surface area contributed by atoms with Gasteiger partial charge in [0.2, 0.25) is 10.0 Å². The molecule has 4 nitrogen and oxygen atoms in total. The summed E-state index contributed by atoms with van der Waals surface area (Å²) in [7, 11) is 0.433. The first-order valence-corrected chi connectivity index (χ1v) is 11.6. The number of hydrogen-bond acceptors (Lipinski definition) is 2. The van der Waals surface area contributed by atoms with Crippen molar-refractivity contribution >= 4 is 10.0 Å². The van der Waals surface area contributed by atoms with Crippen LogP contribution in [0.1, 0.15) is 25.7 Å². The Balaban J connectivity index is 0. The summed E-state index contributed by atoms with van der Waals surface area (Å²) in [5.41, 5.74) is -12.7. The molecule has 0 spiro atoms. The van der Waals surface area contributed by atoms with Crippen LogP contribution in [0.15, 0.2) is 0 Å². The predicted octanol–water partition coefficient (Wildman–Crippen LogP) is 2.46. The Morgan fingerprint density at radius 3 is 1.27 bits per heavy atom. The lowest BCUT2D eigenvalue weighted by Gasteiger charge is -2.37. The van der Waals surface area contributed by atoms with Gasteiger partial charge in [0, 0.05) is 25.8 Å². The highest BCUT2D eigenvalue weighted by atomic mass is 35.5. The van der Waals surface area contributed by atoms with E-state index in [9.17, 15) is 69.9 Å². The van der Waals surface area contributed by atoms with Crippen molar-refractivity contribution in [3.05, 3.63) is 0 Å². The number of nitrogens with zero attached hydrogens (tertiary/aromatic N) is 1. The fourth-order valence-corrected chi connectivity index (χ4v) is 4.27. The van der Waals surface area contributed by atoms with E-state index in [1.807, 2.05) is 4.72 Å². The largest absolute Gasteiger partial charge is 1.00 e. The van der Waals surface area contributed by atoms with Crippen LogP contribution < -0.4 is 17.1 Å². The Morgan fingerprint density at radius 2 is 1.00 bits per heavy atom. The molecule has 1 N–H and O–H groups in total. The molecule has 226 valence electrons. The molecule has 0 rings (SSSR count). The van der Waals surface area contributed by atoms with Crippen LogP contribution in [0.3, 0.4) is 0 Å². The van der Waals surface area contributed by atoms with Gasteiger partial charge in [0.1, 0.15) is 0 Å². The first kappa shape index (κ1) is 38.3. The number of hydrogen-bond donors (Lipinski definition) is 1. The maximum Gasteiger partial charge on any atom is 0.431 e. The molecular formula is C17H25ClF14N2O2S. The Labute approximate surface area is 209 Å². The summed E-state index contributed by atoms with van der Waals surface area (Å²) < 4.78 is 209. The number of nitrogens with one attached hydrogen (secondary N) is 1. The van der Waals surface area contributed by atoms with E-state index in [1.165, 1.54) is 0 Å². The molecule has 0 saturated heterocycles.